The van der Waals surface area contributed by atoms with Crippen LogP contribution < -0.4 is 15.5 Å². The molecule has 1 saturated carbocycles. The lowest BCUT2D eigenvalue weighted by molar-refractivity contribution is -0.115. The normalized spacial score (nSPS) is 18.3. The molecule has 8 nitrogen and oxygen atoms in total. The molecule has 3 amide bonds. The van der Waals surface area contributed by atoms with Gasteiger partial charge in [-0.1, -0.05) is 43.3 Å². The fraction of sp³-hybridized carbons (Fsp3) is 0.207. The number of benzene rings is 1. The summed E-state index contributed by atoms with van der Waals surface area (Å²) in [6.45, 7) is 3.56. The van der Waals surface area contributed by atoms with E-state index in [1.807, 2.05) is 36.4 Å². The van der Waals surface area contributed by atoms with Crippen LogP contribution in [0.2, 0.25) is 0 Å². The Labute approximate surface area is 223 Å². The number of thiophene rings is 1. The molecule has 2 aliphatic rings. The van der Waals surface area contributed by atoms with Crippen LogP contribution in [0.25, 0.3) is 21.5 Å². The van der Waals surface area contributed by atoms with Crippen LogP contribution in [0.3, 0.4) is 0 Å². The summed E-state index contributed by atoms with van der Waals surface area (Å²) in [6.07, 6.45) is 7.70. The van der Waals surface area contributed by atoms with E-state index in [2.05, 4.69) is 27.2 Å². The number of hydrogen-bond acceptors (Lipinski definition) is 6. The minimum atomic E-state index is -0.363. The molecule has 0 spiro atoms. The standard InChI is InChI=1S/C29H25N5O3S/c1-2-20(35)15-18-9-6-10-21(18)32-27(36)26-25-24-23(12-14-31-28(24)38-26)34(29(37)33-25)19-11-13-30-22(16-19)17-7-4-3-5-8-17/h2-5,7-8,11-14,16,18,21H,1,6,9-10,15H2,(H,32,36)(H,33,37)/t18-,21?/m0/s1. The second kappa shape index (κ2) is 9.83. The van der Waals surface area contributed by atoms with E-state index in [0.29, 0.717) is 33.2 Å². The van der Waals surface area contributed by atoms with Crippen molar-refractivity contribution in [3.05, 3.63) is 78.5 Å². The molecule has 9 heteroatoms. The number of ketones is 1. The highest BCUT2D eigenvalue weighted by molar-refractivity contribution is 7.21. The van der Waals surface area contributed by atoms with Crippen LogP contribution >= 0.6 is 11.3 Å². The molecule has 3 aromatic heterocycles. The van der Waals surface area contributed by atoms with Crippen molar-refractivity contribution in [2.45, 2.75) is 31.7 Å². The van der Waals surface area contributed by atoms with Gasteiger partial charge in [-0.05, 0) is 43.0 Å². The molecule has 190 valence electrons. The fourth-order valence-electron chi connectivity index (χ4n) is 5.37. The Balaban J connectivity index is 1.34. The van der Waals surface area contributed by atoms with Crippen molar-refractivity contribution in [1.29, 1.82) is 0 Å². The van der Waals surface area contributed by atoms with Crippen LogP contribution in [0.5, 0.6) is 0 Å². The van der Waals surface area contributed by atoms with E-state index in [-0.39, 0.29) is 29.7 Å². The predicted octanol–water partition coefficient (Wildman–Crippen LogP) is 6.09. The van der Waals surface area contributed by atoms with Gasteiger partial charge < -0.3 is 10.6 Å². The van der Waals surface area contributed by atoms with Crippen molar-refractivity contribution in [3.63, 3.8) is 0 Å². The molecular weight excluding hydrogens is 498 g/mol. The van der Waals surface area contributed by atoms with Gasteiger partial charge in [-0.3, -0.25) is 19.5 Å². The maximum atomic E-state index is 13.5. The number of aromatic nitrogens is 2. The summed E-state index contributed by atoms with van der Waals surface area (Å²) in [4.78, 5) is 50.5. The first-order valence-electron chi connectivity index (χ1n) is 12.5. The highest BCUT2D eigenvalue weighted by atomic mass is 32.1. The molecule has 1 unspecified atom stereocenters. The summed E-state index contributed by atoms with van der Waals surface area (Å²) >= 11 is 1.25. The molecule has 0 saturated heterocycles. The number of urea groups is 1. The number of rotatable bonds is 7. The highest BCUT2D eigenvalue weighted by Gasteiger charge is 2.35. The minimum Gasteiger partial charge on any atom is -0.348 e. The number of amides is 3. The molecule has 1 aliphatic heterocycles. The number of carbonyl (C=O) groups is 3. The number of hydrogen-bond donors (Lipinski definition) is 2. The van der Waals surface area contributed by atoms with Crippen molar-refractivity contribution >= 4 is 56.3 Å². The quantitative estimate of drug-likeness (QED) is 0.286. The lowest BCUT2D eigenvalue weighted by Crippen LogP contribution is -2.39. The summed E-state index contributed by atoms with van der Waals surface area (Å²) in [5.74, 6) is -0.193. The monoisotopic (exact) mass is 523 g/mol. The van der Waals surface area contributed by atoms with E-state index in [4.69, 9.17) is 0 Å². The maximum Gasteiger partial charge on any atom is 0.331 e. The molecule has 4 aromatic rings. The largest absolute Gasteiger partial charge is 0.348 e. The van der Waals surface area contributed by atoms with Crippen LogP contribution in [0.4, 0.5) is 21.9 Å². The van der Waals surface area contributed by atoms with Gasteiger partial charge >= 0.3 is 6.03 Å². The number of carbonyl (C=O) groups excluding carboxylic acids is 3. The molecule has 4 heterocycles. The first-order valence-corrected chi connectivity index (χ1v) is 13.4. The van der Waals surface area contributed by atoms with Crippen molar-refractivity contribution in [2.24, 2.45) is 5.92 Å². The molecule has 38 heavy (non-hydrogen) atoms. The Kier molecular flexibility index (Phi) is 6.21. The molecular formula is C29H25N5O3S. The van der Waals surface area contributed by atoms with Gasteiger partial charge in [0.05, 0.1) is 28.1 Å². The van der Waals surface area contributed by atoms with E-state index in [9.17, 15) is 14.4 Å². The third kappa shape index (κ3) is 4.24. The van der Waals surface area contributed by atoms with Gasteiger partial charge in [-0.2, -0.15) is 0 Å². The number of nitrogens with one attached hydrogen (secondary N) is 2. The zero-order valence-corrected chi connectivity index (χ0v) is 21.3. The summed E-state index contributed by atoms with van der Waals surface area (Å²) in [5, 5.41) is 6.80. The Morgan fingerprint density at radius 1 is 1.13 bits per heavy atom. The average Bonchev–Trinajstić information content (AvgIpc) is 3.54. The molecule has 0 radical (unpaired) electrons. The number of allylic oxidation sites excluding steroid dienone is 1. The van der Waals surface area contributed by atoms with Crippen molar-refractivity contribution < 1.29 is 14.4 Å². The van der Waals surface area contributed by atoms with Crippen LogP contribution in [-0.2, 0) is 4.79 Å². The molecule has 6 rings (SSSR count). The van der Waals surface area contributed by atoms with Gasteiger partial charge in [0.15, 0.2) is 5.78 Å². The first-order chi connectivity index (χ1) is 18.5. The van der Waals surface area contributed by atoms with Crippen LogP contribution in [0, 0.1) is 5.92 Å². The Hall–Kier alpha value is -4.37. The van der Waals surface area contributed by atoms with Gasteiger partial charge in [-0.25, -0.2) is 9.78 Å². The van der Waals surface area contributed by atoms with E-state index in [1.165, 1.54) is 17.4 Å². The zero-order chi connectivity index (χ0) is 26.2. The van der Waals surface area contributed by atoms with Crippen molar-refractivity contribution in [2.75, 3.05) is 10.2 Å². The van der Waals surface area contributed by atoms with E-state index < -0.39 is 0 Å². The predicted molar refractivity (Wildman–Crippen MR) is 149 cm³/mol. The SMILES string of the molecule is C=CC(=O)C[C@@H]1CCCC1NC(=O)c1sc2nccc3c2c1NC(=O)N3c1ccnc(-c2ccccc2)c1. The smallest absolute Gasteiger partial charge is 0.331 e. The lowest BCUT2D eigenvalue weighted by atomic mass is 9.97. The second-order valence-corrected chi connectivity index (χ2v) is 10.5. The maximum absolute atomic E-state index is 13.5. The molecule has 1 fully saturated rings. The van der Waals surface area contributed by atoms with Crippen LogP contribution in [0.15, 0.2) is 73.6 Å². The van der Waals surface area contributed by atoms with E-state index in [1.54, 1.807) is 29.4 Å². The first kappa shape index (κ1) is 24.0. The number of anilines is 3. The molecule has 0 bridgehead atoms. The highest BCUT2D eigenvalue weighted by Crippen LogP contribution is 2.46. The average molecular weight is 524 g/mol. The van der Waals surface area contributed by atoms with E-state index >= 15 is 0 Å². The van der Waals surface area contributed by atoms with Crippen molar-refractivity contribution in [3.8, 4) is 11.3 Å². The summed E-state index contributed by atoms with van der Waals surface area (Å²) in [5.41, 5.74) is 3.48. The third-order valence-corrected chi connectivity index (χ3v) is 8.29. The van der Waals surface area contributed by atoms with Gasteiger partial charge in [0, 0.05) is 30.4 Å². The Morgan fingerprint density at radius 2 is 1.95 bits per heavy atom. The zero-order valence-electron chi connectivity index (χ0n) is 20.5. The van der Waals surface area contributed by atoms with Gasteiger partial charge in [0.1, 0.15) is 9.71 Å². The third-order valence-electron chi connectivity index (χ3n) is 7.19. The molecule has 1 aliphatic carbocycles. The molecule has 2 N–H and O–H groups in total. The van der Waals surface area contributed by atoms with Crippen molar-refractivity contribution in [1.82, 2.24) is 15.3 Å². The van der Waals surface area contributed by atoms with Gasteiger partial charge in [-0.15, -0.1) is 11.3 Å². The number of nitrogens with zero attached hydrogens (tertiary/aromatic N) is 3. The van der Waals surface area contributed by atoms with Crippen LogP contribution in [-0.4, -0.2) is 33.7 Å². The van der Waals surface area contributed by atoms with Gasteiger partial charge in [0.2, 0.25) is 0 Å². The summed E-state index contributed by atoms with van der Waals surface area (Å²) in [6, 6.07) is 14.8. The Bertz CT molecular complexity index is 1580. The summed E-state index contributed by atoms with van der Waals surface area (Å²) < 4.78 is 0. The molecule has 1 aromatic carbocycles. The lowest BCUT2D eigenvalue weighted by Gasteiger charge is -2.28. The van der Waals surface area contributed by atoms with Crippen LogP contribution in [0.1, 0.15) is 35.4 Å². The fourth-order valence-corrected chi connectivity index (χ4v) is 6.40. The summed E-state index contributed by atoms with van der Waals surface area (Å²) in [7, 11) is 0. The van der Waals surface area contributed by atoms with Gasteiger partial charge in [0.25, 0.3) is 5.91 Å². The topological polar surface area (TPSA) is 104 Å². The Morgan fingerprint density at radius 3 is 2.76 bits per heavy atom. The number of pyridine rings is 2. The molecule has 2 atom stereocenters. The second-order valence-electron chi connectivity index (χ2n) is 9.49. The minimum absolute atomic E-state index is 0.0131. The van der Waals surface area contributed by atoms with E-state index in [0.717, 1.165) is 35.9 Å².